The summed E-state index contributed by atoms with van der Waals surface area (Å²) in [7, 11) is 0. The highest BCUT2D eigenvalue weighted by Crippen LogP contribution is 2.13. The number of nitriles is 1. The van der Waals surface area contributed by atoms with Gasteiger partial charge in [-0.15, -0.1) is 0 Å². The van der Waals surface area contributed by atoms with E-state index >= 15 is 0 Å². The Morgan fingerprint density at radius 1 is 1.50 bits per heavy atom. The molecular weight excluding hydrogens is 210 g/mol. The summed E-state index contributed by atoms with van der Waals surface area (Å²) in [4.78, 5) is 18.4. The van der Waals surface area contributed by atoms with Crippen LogP contribution in [0.1, 0.15) is 16.2 Å². The minimum absolute atomic E-state index is 0.0817. The number of carbonyl (C=O) groups is 1. The van der Waals surface area contributed by atoms with Gasteiger partial charge in [-0.3, -0.25) is 4.79 Å². The maximum atomic E-state index is 10.7. The van der Waals surface area contributed by atoms with Gasteiger partial charge >= 0.3 is 0 Å². The third-order valence-electron chi connectivity index (χ3n) is 1.76. The number of pyridine rings is 1. The van der Waals surface area contributed by atoms with Crippen LogP contribution in [0.2, 0.25) is 0 Å². The Bertz CT molecular complexity index is 566. The number of carbonyl (C=O) groups excluding carboxylic acids is 1. The fourth-order valence-electron chi connectivity index (χ4n) is 1.01. The molecule has 0 radical (unpaired) electrons. The van der Waals surface area contributed by atoms with E-state index in [1.54, 1.807) is 6.07 Å². The van der Waals surface area contributed by atoms with Crippen LogP contribution in [0.4, 0.5) is 0 Å². The Morgan fingerprint density at radius 2 is 2.31 bits per heavy atom. The molecule has 1 amide bonds. The van der Waals surface area contributed by atoms with E-state index < -0.39 is 5.91 Å². The van der Waals surface area contributed by atoms with Crippen LogP contribution in [0.25, 0.3) is 11.6 Å². The number of rotatable bonds is 2. The first-order valence-corrected chi connectivity index (χ1v) is 4.21. The summed E-state index contributed by atoms with van der Waals surface area (Å²) >= 11 is 0. The Hall–Kier alpha value is -2.75. The number of hydrogen-bond donors (Lipinski definition) is 1. The lowest BCUT2D eigenvalue weighted by Crippen LogP contribution is -2.12. The van der Waals surface area contributed by atoms with Crippen LogP contribution in [-0.4, -0.2) is 21.0 Å². The standard InChI is InChI=1S/C9H5N5O2/c10-3-5-1-2-6(12-4-5)9-13-8(7(11)15)14-16-9/h1-2,4H,(H2,11,15). The van der Waals surface area contributed by atoms with Crippen molar-refractivity contribution < 1.29 is 9.32 Å². The Labute approximate surface area is 89.5 Å². The number of hydrogen-bond acceptors (Lipinski definition) is 6. The van der Waals surface area contributed by atoms with Crippen molar-refractivity contribution >= 4 is 5.91 Å². The average Bonchev–Trinajstić information content (AvgIpc) is 2.78. The van der Waals surface area contributed by atoms with E-state index in [1.807, 2.05) is 6.07 Å². The summed E-state index contributed by atoms with van der Waals surface area (Å²) < 4.78 is 4.78. The molecule has 0 bridgehead atoms. The van der Waals surface area contributed by atoms with Crippen molar-refractivity contribution in [1.82, 2.24) is 15.1 Å². The van der Waals surface area contributed by atoms with Crippen molar-refractivity contribution in [3.05, 3.63) is 29.7 Å². The summed E-state index contributed by atoms with van der Waals surface area (Å²) in [5.41, 5.74) is 5.75. The van der Waals surface area contributed by atoms with E-state index in [1.165, 1.54) is 12.3 Å². The summed E-state index contributed by atoms with van der Waals surface area (Å²) in [6, 6.07) is 5.02. The van der Waals surface area contributed by atoms with E-state index in [9.17, 15) is 4.79 Å². The molecule has 0 saturated heterocycles. The molecule has 2 rings (SSSR count). The van der Waals surface area contributed by atoms with Crippen molar-refractivity contribution in [3.8, 4) is 17.7 Å². The van der Waals surface area contributed by atoms with Crippen molar-refractivity contribution in [2.75, 3.05) is 0 Å². The van der Waals surface area contributed by atoms with Gasteiger partial charge in [-0.2, -0.15) is 10.2 Å². The van der Waals surface area contributed by atoms with Gasteiger partial charge in [0.25, 0.3) is 17.6 Å². The lowest BCUT2D eigenvalue weighted by molar-refractivity contribution is 0.0987. The van der Waals surface area contributed by atoms with Gasteiger partial charge in [0, 0.05) is 6.20 Å². The van der Waals surface area contributed by atoms with E-state index in [4.69, 9.17) is 15.5 Å². The third kappa shape index (κ3) is 1.72. The summed E-state index contributed by atoms with van der Waals surface area (Å²) in [5.74, 6) is -0.900. The molecule has 2 aromatic rings. The molecule has 0 aliphatic carbocycles. The predicted octanol–water partition coefficient (Wildman–Crippen LogP) is 0.102. The Balaban J connectivity index is 2.36. The van der Waals surface area contributed by atoms with Crippen LogP contribution in [0.15, 0.2) is 22.9 Å². The number of nitrogens with two attached hydrogens (primary N) is 1. The zero-order valence-corrected chi connectivity index (χ0v) is 7.91. The first-order chi connectivity index (χ1) is 7.70. The second-order valence-electron chi connectivity index (χ2n) is 2.83. The second kappa shape index (κ2) is 3.78. The van der Waals surface area contributed by atoms with Crippen molar-refractivity contribution in [1.29, 1.82) is 5.26 Å². The van der Waals surface area contributed by atoms with Gasteiger partial charge in [0.2, 0.25) is 0 Å². The van der Waals surface area contributed by atoms with Crippen LogP contribution in [0.3, 0.4) is 0 Å². The lowest BCUT2D eigenvalue weighted by Gasteiger charge is -1.91. The molecule has 2 heterocycles. The van der Waals surface area contributed by atoms with Crippen LogP contribution in [0.5, 0.6) is 0 Å². The smallest absolute Gasteiger partial charge is 0.290 e. The van der Waals surface area contributed by atoms with E-state index in [0.717, 1.165) is 0 Å². The maximum absolute atomic E-state index is 10.7. The maximum Gasteiger partial charge on any atom is 0.290 e. The number of aromatic nitrogens is 3. The summed E-state index contributed by atoms with van der Waals surface area (Å²) in [6.45, 7) is 0. The monoisotopic (exact) mass is 215 g/mol. The van der Waals surface area contributed by atoms with Gasteiger partial charge in [0.15, 0.2) is 0 Å². The third-order valence-corrected chi connectivity index (χ3v) is 1.76. The number of amides is 1. The molecule has 2 N–H and O–H groups in total. The molecule has 2 aromatic heterocycles. The molecule has 7 heteroatoms. The lowest BCUT2D eigenvalue weighted by atomic mass is 10.3. The van der Waals surface area contributed by atoms with E-state index in [0.29, 0.717) is 11.3 Å². The van der Waals surface area contributed by atoms with Crippen LogP contribution in [0, 0.1) is 11.3 Å². The topological polar surface area (TPSA) is 119 Å². The molecule has 78 valence electrons. The van der Waals surface area contributed by atoms with Crippen LogP contribution < -0.4 is 5.73 Å². The Kier molecular flexibility index (Phi) is 2.31. The molecule has 0 spiro atoms. The summed E-state index contributed by atoms with van der Waals surface area (Å²) in [5, 5.41) is 11.9. The van der Waals surface area contributed by atoms with Crippen molar-refractivity contribution in [2.24, 2.45) is 5.73 Å². The van der Waals surface area contributed by atoms with Gasteiger partial charge in [-0.1, -0.05) is 5.16 Å². The fraction of sp³-hybridized carbons (Fsp3) is 0. The highest BCUT2D eigenvalue weighted by atomic mass is 16.5. The largest absolute Gasteiger partial charge is 0.363 e. The zero-order chi connectivity index (χ0) is 11.5. The average molecular weight is 215 g/mol. The molecule has 16 heavy (non-hydrogen) atoms. The zero-order valence-electron chi connectivity index (χ0n) is 7.91. The van der Waals surface area contributed by atoms with Crippen LogP contribution >= 0.6 is 0 Å². The van der Waals surface area contributed by atoms with Crippen molar-refractivity contribution in [3.63, 3.8) is 0 Å². The number of primary amides is 1. The Morgan fingerprint density at radius 3 is 2.81 bits per heavy atom. The van der Waals surface area contributed by atoms with Gasteiger partial charge in [0.05, 0.1) is 5.56 Å². The minimum Gasteiger partial charge on any atom is -0.363 e. The predicted molar refractivity (Wildman–Crippen MR) is 50.8 cm³/mol. The van der Waals surface area contributed by atoms with Gasteiger partial charge in [-0.05, 0) is 12.1 Å². The minimum atomic E-state index is -0.774. The fourth-order valence-corrected chi connectivity index (χ4v) is 1.01. The first kappa shape index (κ1) is 9.79. The van der Waals surface area contributed by atoms with Crippen LogP contribution in [-0.2, 0) is 0 Å². The molecule has 0 atom stereocenters. The number of nitrogens with zero attached hydrogens (tertiary/aromatic N) is 4. The summed E-state index contributed by atoms with van der Waals surface area (Å²) in [6.07, 6.45) is 1.36. The molecule has 0 unspecified atom stereocenters. The highest BCUT2D eigenvalue weighted by Gasteiger charge is 2.13. The van der Waals surface area contributed by atoms with Crippen molar-refractivity contribution in [2.45, 2.75) is 0 Å². The van der Waals surface area contributed by atoms with Gasteiger partial charge in [0.1, 0.15) is 11.8 Å². The second-order valence-corrected chi connectivity index (χ2v) is 2.83. The van der Waals surface area contributed by atoms with Gasteiger partial charge < -0.3 is 10.3 Å². The molecule has 0 aromatic carbocycles. The molecule has 0 fully saturated rings. The van der Waals surface area contributed by atoms with E-state index in [2.05, 4.69) is 15.1 Å². The highest BCUT2D eigenvalue weighted by molar-refractivity contribution is 5.88. The molecule has 7 nitrogen and oxygen atoms in total. The normalized spacial score (nSPS) is 9.69. The first-order valence-electron chi connectivity index (χ1n) is 4.21. The molecule has 0 aliphatic heterocycles. The SMILES string of the molecule is N#Cc1ccc(-c2nc(C(N)=O)no2)nc1. The quantitative estimate of drug-likeness (QED) is 0.758. The molecular formula is C9H5N5O2. The molecule has 0 aliphatic rings. The van der Waals surface area contributed by atoms with Gasteiger partial charge in [-0.25, -0.2) is 4.98 Å². The molecule has 0 saturated carbocycles. The van der Waals surface area contributed by atoms with E-state index in [-0.39, 0.29) is 11.7 Å².